The van der Waals surface area contributed by atoms with E-state index in [2.05, 4.69) is 22.6 Å². The Bertz CT molecular complexity index is 454. The van der Waals surface area contributed by atoms with E-state index in [9.17, 15) is 0 Å². The fourth-order valence-corrected chi connectivity index (χ4v) is 1.35. The minimum Gasteiger partial charge on any atom is -0.479 e. The molecule has 0 aliphatic rings. The van der Waals surface area contributed by atoms with Gasteiger partial charge in [-0.1, -0.05) is 6.08 Å². The Hall–Kier alpha value is -2.29. The maximum Gasteiger partial charge on any atom is 0.319 e. The van der Waals surface area contributed by atoms with Crippen molar-refractivity contribution in [2.75, 3.05) is 20.0 Å². The molecule has 6 heteroatoms. The van der Waals surface area contributed by atoms with E-state index in [4.69, 9.17) is 20.5 Å². The fraction of sp³-hybridized carbons (Fsp3) is 0.364. The lowest BCUT2D eigenvalue weighted by molar-refractivity contribution is 0.351. The zero-order valence-electron chi connectivity index (χ0n) is 9.80. The number of rotatable bonds is 5. The first kappa shape index (κ1) is 12.8. The Balaban J connectivity index is 3.30. The standard InChI is InChI=1S/C11H14N4O2/c1-4-5-7(6-12)9-8(13)10(16-2)15-11(14-9)17-3/h4,7H,1,5,13H2,2-3H3/t7-/m0/s1. The zero-order valence-corrected chi connectivity index (χ0v) is 9.80. The number of methoxy groups -OCH3 is 2. The molecule has 2 N–H and O–H groups in total. The number of nitrogens with two attached hydrogens (primary N) is 1. The van der Waals surface area contributed by atoms with E-state index in [1.54, 1.807) is 6.08 Å². The summed E-state index contributed by atoms with van der Waals surface area (Å²) >= 11 is 0. The topological polar surface area (TPSA) is 94.0 Å². The third-order valence-electron chi connectivity index (χ3n) is 2.18. The van der Waals surface area contributed by atoms with Crippen LogP contribution in [-0.4, -0.2) is 24.2 Å². The van der Waals surface area contributed by atoms with Crippen LogP contribution in [0.25, 0.3) is 0 Å². The number of hydrogen-bond donors (Lipinski definition) is 1. The fourth-order valence-electron chi connectivity index (χ4n) is 1.35. The molecule has 0 bridgehead atoms. The van der Waals surface area contributed by atoms with E-state index >= 15 is 0 Å². The number of aromatic nitrogens is 2. The van der Waals surface area contributed by atoms with Crippen LogP contribution in [0.5, 0.6) is 11.9 Å². The molecule has 0 unspecified atom stereocenters. The van der Waals surface area contributed by atoms with E-state index in [0.29, 0.717) is 12.1 Å². The van der Waals surface area contributed by atoms with Crippen LogP contribution in [0, 0.1) is 11.3 Å². The predicted octanol–water partition coefficient (Wildman–Crippen LogP) is 1.26. The second-order valence-electron chi connectivity index (χ2n) is 3.22. The molecule has 1 rings (SSSR count). The Kier molecular flexibility index (Phi) is 4.29. The van der Waals surface area contributed by atoms with Crippen LogP contribution >= 0.6 is 0 Å². The maximum atomic E-state index is 9.07. The van der Waals surface area contributed by atoms with Gasteiger partial charge in [0.2, 0.25) is 5.88 Å². The van der Waals surface area contributed by atoms with Crippen molar-refractivity contribution < 1.29 is 9.47 Å². The molecular weight excluding hydrogens is 220 g/mol. The second-order valence-corrected chi connectivity index (χ2v) is 3.22. The second kappa shape index (κ2) is 5.70. The van der Waals surface area contributed by atoms with Gasteiger partial charge in [0.15, 0.2) is 0 Å². The molecular formula is C11H14N4O2. The van der Waals surface area contributed by atoms with Crippen molar-refractivity contribution in [3.63, 3.8) is 0 Å². The van der Waals surface area contributed by atoms with E-state index in [1.165, 1.54) is 14.2 Å². The molecule has 0 fully saturated rings. The van der Waals surface area contributed by atoms with Crippen molar-refractivity contribution in [1.29, 1.82) is 5.26 Å². The van der Waals surface area contributed by atoms with E-state index in [1.807, 2.05) is 0 Å². The summed E-state index contributed by atoms with van der Waals surface area (Å²) in [7, 11) is 2.88. The summed E-state index contributed by atoms with van der Waals surface area (Å²) < 4.78 is 9.94. The van der Waals surface area contributed by atoms with E-state index < -0.39 is 5.92 Å². The van der Waals surface area contributed by atoms with Crippen molar-refractivity contribution in [3.8, 4) is 18.0 Å². The molecule has 0 radical (unpaired) electrons. The first-order valence-corrected chi connectivity index (χ1v) is 4.93. The van der Waals surface area contributed by atoms with Gasteiger partial charge in [0.1, 0.15) is 5.69 Å². The van der Waals surface area contributed by atoms with Gasteiger partial charge in [-0.2, -0.15) is 15.2 Å². The van der Waals surface area contributed by atoms with Crippen LogP contribution in [0.4, 0.5) is 5.69 Å². The highest BCUT2D eigenvalue weighted by Gasteiger charge is 2.20. The third-order valence-corrected chi connectivity index (χ3v) is 2.18. The van der Waals surface area contributed by atoms with Gasteiger partial charge in [-0.3, -0.25) is 0 Å². The highest BCUT2D eigenvalue weighted by molar-refractivity contribution is 5.55. The first-order chi connectivity index (χ1) is 8.17. The monoisotopic (exact) mass is 234 g/mol. The van der Waals surface area contributed by atoms with Crippen LogP contribution in [0.3, 0.4) is 0 Å². The molecule has 0 saturated heterocycles. The van der Waals surface area contributed by atoms with Crippen molar-refractivity contribution in [2.24, 2.45) is 0 Å². The number of ether oxygens (including phenoxy) is 2. The Morgan fingerprint density at radius 2 is 2.18 bits per heavy atom. The van der Waals surface area contributed by atoms with E-state index in [0.717, 1.165) is 0 Å². The summed E-state index contributed by atoms with van der Waals surface area (Å²) in [5.41, 5.74) is 6.48. The molecule has 0 spiro atoms. The molecule has 1 aromatic rings. The minimum absolute atomic E-state index is 0.121. The molecule has 1 aromatic heterocycles. The van der Waals surface area contributed by atoms with Crippen LogP contribution in [-0.2, 0) is 0 Å². The summed E-state index contributed by atoms with van der Waals surface area (Å²) in [5.74, 6) is -0.283. The molecule has 6 nitrogen and oxygen atoms in total. The molecule has 0 aliphatic carbocycles. The summed E-state index contributed by atoms with van der Waals surface area (Å²) in [6.45, 7) is 3.59. The largest absolute Gasteiger partial charge is 0.479 e. The minimum atomic E-state index is -0.488. The number of nitrogens with zero attached hydrogens (tertiary/aromatic N) is 3. The molecule has 1 heterocycles. The molecule has 17 heavy (non-hydrogen) atoms. The molecule has 90 valence electrons. The van der Waals surface area contributed by atoms with Gasteiger partial charge in [-0.05, 0) is 6.42 Å². The highest BCUT2D eigenvalue weighted by Crippen LogP contribution is 2.30. The summed E-state index contributed by atoms with van der Waals surface area (Å²) in [4.78, 5) is 8.01. The van der Waals surface area contributed by atoms with Crippen molar-refractivity contribution >= 4 is 5.69 Å². The predicted molar refractivity (Wildman–Crippen MR) is 62.7 cm³/mol. The average Bonchev–Trinajstić information content (AvgIpc) is 2.36. The van der Waals surface area contributed by atoms with Gasteiger partial charge in [-0.15, -0.1) is 6.58 Å². The smallest absolute Gasteiger partial charge is 0.319 e. The maximum absolute atomic E-state index is 9.07. The van der Waals surface area contributed by atoms with Crippen molar-refractivity contribution in [2.45, 2.75) is 12.3 Å². The van der Waals surface area contributed by atoms with Gasteiger partial charge >= 0.3 is 6.01 Å². The lowest BCUT2D eigenvalue weighted by Gasteiger charge is -2.12. The molecule has 1 atom stereocenters. The van der Waals surface area contributed by atoms with Gasteiger partial charge < -0.3 is 15.2 Å². The quantitative estimate of drug-likeness (QED) is 0.771. The first-order valence-electron chi connectivity index (χ1n) is 4.93. The van der Waals surface area contributed by atoms with Gasteiger partial charge in [0.05, 0.1) is 31.9 Å². The summed E-state index contributed by atoms with van der Waals surface area (Å²) in [6.07, 6.45) is 2.08. The molecule has 0 aromatic carbocycles. The number of nitrogen functional groups attached to an aromatic ring is 1. The number of hydrogen-bond acceptors (Lipinski definition) is 6. The van der Waals surface area contributed by atoms with Gasteiger partial charge in [0.25, 0.3) is 0 Å². The normalized spacial score (nSPS) is 11.4. The van der Waals surface area contributed by atoms with Crippen LogP contribution in [0.2, 0.25) is 0 Å². The summed E-state index contributed by atoms with van der Waals surface area (Å²) in [5, 5.41) is 9.07. The molecule has 0 aliphatic heterocycles. The highest BCUT2D eigenvalue weighted by atomic mass is 16.5. The van der Waals surface area contributed by atoms with Gasteiger partial charge in [0, 0.05) is 0 Å². The number of allylic oxidation sites excluding steroid dienone is 1. The SMILES string of the molecule is C=CC[C@@H](C#N)c1nc(OC)nc(OC)c1N. The number of nitriles is 1. The zero-order chi connectivity index (χ0) is 12.8. The van der Waals surface area contributed by atoms with Crippen LogP contribution in [0.1, 0.15) is 18.0 Å². The van der Waals surface area contributed by atoms with Gasteiger partial charge in [-0.25, -0.2) is 0 Å². The van der Waals surface area contributed by atoms with Crippen molar-refractivity contribution in [1.82, 2.24) is 9.97 Å². The molecule has 0 saturated carbocycles. The van der Waals surface area contributed by atoms with E-state index in [-0.39, 0.29) is 17.6 Å². The Morgan fingerprint density at radius 3 is 2.65 bits per heavy atom. The third kappa shape index (κ3) is 2.64. The lowest BCUT2D eigenvalue weighted by atomic mass is 10.0. The van der Waals surface area contributed by atoms with Crippen molar-refractivity contribution in [3.05, 3.63) is 18.3 Å². The summed E-state index contributed by atoms with van der Waals surface area (Å²) in [6, 6.07) is 2.23. The molecule has 0 amide bonds. The Morgan fingerprint density at radius 1 is 1.47 bits per heavy atom. The average molecular weight is 234 g/mol. The van der Waals surface area contributed by atoms with Crippen LogP contribution in [0.15, 0.2) is 12.7 Å². The lowest BCUT2D eigenvalue weighted by Crippen LogP contribution is -2.09. The Labute approximate surface area is 99.7 Å². The van der Waals surface area contributed by atoms with Crippen LogP contribution < -0.4 is 15.2 Å². The number of anilines is 1.